The van der Waals surface area contributed by atoms with E-state index in [9.17, 15) is 48.9 Å². The number of primary amides is 2. The van der Waals surface area contributed by atoms with Crippen LogP contribution in [0.5, 0.6) is 0 Å². The second kappa shape index (κ2) is 27.2. The van der Waals surface area contributed by atoms with Gasteiger partial charge in [0.25, 0.3) is 11.8 Å². The van der Waals surface area contributed by atoms with E-state index in [0.717, 1.165) is 23.5 Å². The fourth-order valence-corrected chi connectivity index (χ4v) is 9.34. The van der Waals surface area contributed by atoms with Gasteiger partial charge in [0.05, 0.1) is 72.0 Å². The molecule has 0 aliphatic carbocycles. The van der Waals surface area contributed by atoms with Crippen LogP contribution in [0.25, 0.3) is 10.7 Å². The molecule has 9 atom stereocenters. The van der Waals surface area contributed by atoms with Gasteiger partial charge in [-0.1, -0.05) is 29.9 Å². The van der Waals surface area contributed by atoms with E-state index >= 15 is 0 Å². The van der Waals surface area contributed by atoms with E-state index in [-0.39, 0.29) is 74.9 Å². The fourth-order valence-electron chi connectivity index (χ4n) is 6.66. The van der Waals surface area contributed by atoms with Crippen LogP contribution in [0.1, 0.15) is 88.8 Å². The number of imidazole rings is 1. The molecule has 4 heterocycles. The number of carbonyl (C=O) groups excluding carboxylic acids is 7. The number of aromatic nitrogens is 6. The van der Waals surface area contributed by atoms with Crippen molar-refractivity contribution >= 4 is 92.3 Å². The van der Waals surface area contributed by atoms with E-state index in [0.29, 0.717) is 22.3 Å². The molecule has 0 aromatic carbocycles. The third-order valence-electron chi connectivity index (χ3n) is 10.9. The first-order valence-corrected chi connectivity index (χ1v) is 26.5. The molecule has 0 radical (unpaired) electrons. The number of thiazole rings is 2. The van der Waals surface area contributed by atoms with Gasteiger partial charge in [0.1, 0.15) is 56.3 Å². The Hall–Kier alpha value is -5.92. The van der Waals surface area contributed by atoms with Gasteiger partial charge >= 0.3 is 0 Å². The molecule has 0 bridgehead atoms. The molecule has 0 saturated heterocycles. The van der Waals surface area contributed by atoms with Gasteiger partial charge in [-0.15, -0.1) is 11.3 Å². The predicted molar refractivity (Wildman–Crippen MR) is 270 cm³/mol. The summed E-state index contributed by atoms with van der Waals surface area (Å²) in [6.45, 7) is 5.69. The van der Waals surface area contributed by atoms with Crippen molar-refractivity contribution in [2.75, 3.05) is 43.6 Å². The van der Waals surface area contributed by atoms with E-state index in [1.165, 1.54) is 51.6 Å². The van der Waals surface area contributed by atoms with Crippen LogP contribution in [0.2, 0.25) is 4.34 Å². The van der Waals surface area contributed by atoms with Gasteiger partial charge < -0.3 is 75.1 Å². The van der Waals surface area contributed by atoms with Crippen molar-refractivity contribution < 1.29 is 48.9 Å². The monoisotopic (exact) mass is 1080 g/mol. The number of aliphatic hydroxyl groups is 3. The number of H-pyrrole nitrogens is 1. The van der Waals surface area contributed by atoms with Crippen LogP contribution < -0.4 is 54.8 Å². The zero-order valence-corrected chi connectivity index (χ0v) is 43.4. The maximum absolute atomic E-state index is 13.9. The smallest absolute Gasteiger partial charge is 0.272 e. The van der Waals surface area contributed by atoms with E-state index in [1.54, 1.807) is 5.38 Å². The Morgan fingerprint density at radius 3 is 2.21 bits per heavy atom. The Balaban J connectivity index is 1.39. The van der Waals surface area contributed by atoms with Crippen molar-refractivity contribution in [2.45, 2.75) is 95.5 Å². The molecule has 0 unspecified atom stereocenters. The molecule has 26 nitrogen and oxygen atoms in total. The van der Waals surface area contributed by atoms with Crippen molar-refractivity contribution in [3.63, 3.8) is 0 Å². The molecule has 7 amide bonds. The van der Waals surface area contributed by atoms with E-state index in [4.69, 9.17) is 34.5 Å². The Morgan fingerprint density at radius 2 is 1.58 bits per heavy atom. The number of hydrogen-bond donors (Lipinski definition) is 14. The first-order valence-electron chi connectivity index (χ1n) is 22.3. The third kappa shape index (κ3) is 16.6. The van der Waals surface area contributed by atoms with Crippen molar-refractivity contribution in [2.24, 2.45) is 23.1 Å². The molecule has 0 saturated carbocycles. The minimum atomic E-state index is -1.82. The van der Waals surface area contributed by atoms with Crippen LogP contribution in [0, 0.1) is 12.8 Å². The standard InChI is InChI=1S/C42H61ClN16O10S3/c1-17-27(55-36(59-34(17)46)22(12-25(45)61)51-13-21(44)35(47)64)40(68)57-29(32(63)23-14-48-16-52-23)41(69)53-19(3)31(62)18(2)37(65)56-28(20(4)60)38(66)50-10-8-26-54-24(15-70-26)42-58-30(33(43)71-42)39(67)49-9-7-11-72(5)6/h14-16,18-22,28-29,31-32,51,60,62-63H,7-13,44H2,1-6H3,(H11-,45,46,47,48,49,50,52,53,55,56,57,59,61,64,65,66,67,68,69)/p+1/t18-,19+,20+,21-,22-,28-,29-,31-,32-/m0/s1. The summed E-state index contributed by atoms with van der Waals surface area (Å²) in [4.78, 5) is 115. The van der Waals surface area contributed by atoms with Crippen LogP contribution in [-0.4, -0.2) is 161 Å². The number of amides is 7. The summed E-state index contributed by atoms with van der Waals surface area (Å²) in [6, 6.07) is -6.81. The quantitative estimate of drug-likeness (QED) is 0.0202. The van der Waals surface area contributed by atoms with Crippen molar-refractivity contribution in [3.05, 3.63) is 55.7 Å². The highest BCUT2D eigenvalue weighted by molar-refractivity contribution is 7.95. The normalized spacial score (nSPS) is 15.2. The maximum atomic E-state index is 13.9. The van der Waals surface area contributed by atoms with Crippen LogP contribution >= 0.6 is 34.3 Å². The lowest BCUT2D eigenvalue weighted by molar-refractivity contribution is -0.136. The molecule has 4 aromatic rings. The van der Waals surface area contributed by atoms with Crippen LogP contribution in [0.15, 0.2) is 17.9 Å². The summed E-state index contributed by atoms with van der Waals surface area (Å²) in [5.41, 5.74) is 22.8. The van der Waals surface area contributed by atoms with Gasteiger partial charge in [-0.3, -0.25) is 33.6 Å². The SMILES string of the molecule is Cc1c(N)nc([C@H](CC(N)=O)NC[C@H](N)C(N)=O)nc1C(=O)N[C@H](C(=O)N[C@H](C)[C@@H](O)[C@H](C)C(=O)N[C@H](C(=O)NCCc1nc(-c2nc(C(=O)NCCC[S+](C)C)c(Cl)s2)cs1)[C@@H](C)O)[C@@H](O)c1cnc[nH]1. The van der Waals surface area contributed by atoms with Gasteiger partial charge in [0.2, 0.25) is 29.5 Å². The number of nitrogen functional groups attached to an aromatic ring is 1. The van der Waals surface area contributed by atoms with Crippen molar-refractivity contribution in [3.8, 4) is 10.7 Å². The van der Waals surface area contributed by atoms with Crippen LogP contribution in [-0.2, 0) is 41.3 Å². The molecule has 18 N–H and O–H groups in total. The molecule has 72 heavy (non-hydrogen) atoms. The Kier molecular flexibility index (Phi) is 22.2. The van der Waals surface area contributed by atoms with Crippen LogP contribution in [0.3, 0.4) is 0 Å². The van der Waals surface area contributed by atoms with Gasteiger partial charge in [-0.25, -0.2) is 24.9 Å². The van der Waals surface area contributed by atoms with Crippen molar-refractivity contribution in [1.82, 2.24) is 61.8 Å². The Morgan fingerprint density at radius 1 is 0.875 bits per heavy atom. The number of nitrogens with one attached hydrogen (secondary N) is 7. The molecule has 4 rings (SSSR count). The topological polar surface area (TPSA) is 437 Å². The molecular formula is C42H62ClN16O10S3+. The average molecular weight is 1080 g/mol. The van der Waals surface area contributed by atoms with Gasteiger partial charge in [-0.05, 0) is 31.7 Å². The number of halogens is 1. The number of aromatic amines is 1. The summed E-state index contributed by atoms with van der Waals surface area (Å²) < 4.78 is 0.229. The lowest BCUT2D eigenvalue weighted by Crippen LogP contribution is -2.57. The lowest BCUT2D eigenvalue weighted by atomic mass is 9.96. The Bertz CT molecular complexity index is 2530. The predicted octanol–water partition coefficient (Wildman–Crippen LogP) is -2.80. The van der Waals surface area contributed by atoms with Gasteiger partial charge in [0.15, 0.2) is 5.69 Å². The van der Waals surface area contributed by atoms with Gasteiger partial charge in [0, 0.05) is 49.8 Å². The highest BCUT2D eigenvalue weighted by atomic mass is 35.5. The van der Waals surface area contributed by atoms with Crippen molar-refractivity contribution in [1.29, 1.82) is 0 Å². The first kappa shape index (κ1) is 58.6. The first-order chi connectivity index (χ1) is 33.9. The number of anilines is 1. The summed E-state index contributed by atoms with van der Waals surface area (Å²) in [7, 11) is 0.265. The molecule has 394 valence electrons. The summed E-state index contributed by atoms with van der Waals surface area (Å²) in [5, 5.41) is 51.6. The summed E-state index contributed by atoms with van der Waals surface area (Å²) >= 11 is 8.76. The number of hydrogen-bond acceptors (Lipinski definition) is 20. The maximum Gasteiger partial charge on any atom is 0.272 e. The molecule has 0 aliphatic rings. The fraction of sp³-hybridized carbons (Fsp3) is 0.524. The molecule has 4 aromatic heterocycles. The zero-order valence-electron chi connectivity index (χ0n) is 40.2. The number of aliphatic hydroxyl groups excluding tert-OH is 3. The largest absolute Gasteiger partial charge is 0.391 e. The lowest BCUT2D eigenvalue weighted by Gasteiger charge is -2.30. The Labute approximate surface area is 429 Å². The highest BCUT2D eigenvalue weighted by Crippen LogP contribution is 2.32. The average Bonchev–Trinajstić information content (AvgIpc) is 4.12. The number of carbonyl (C=O) groups is 7. The third-order valence-corrected chi connectivity index (χ3v) is 14.2. The van der Waals surface area contributed by atoms with E-state index in [1.807, 2.05) is 0 Å². The van der Waals surface area contributed by atoms with E-state index < -0.39 is 96.3 Å². The summed E-state index contributed by atoms with van der Waals surface area (Å²) in [6.07, 6.45) is 2.55. The molecule has 0 fully saturated rings. The molecule has 0 aliphatic heterocycles. The minimum Gasteiger partial charge on any atom is -0.391 e. The zero-order chi connectivity index (χ0) is 53.6. The second-order valence-corrected chi connectivity index (χ2v) is 21.8. The van der Waals surface area contributed by atoms with E-state index in [2.05, 4.69) is 74.3 Å². The second-order valence-electron chi connectivity index (χ2n) is 16.9. The molecular weight excluding hydrogens is 1020 g/mol. The summed E-state index contributed by atoms with van der Waals surface area (Å²) in [5.74, 6) is -6.45. The van der Waals surface area contributed by atoms with Crippen LogP contribution in [0.4, 0.5) is 5.82 Å². The number of nitrogens with two attached hydrogens (primary N) is 4. The minimum absolute atomic E-state index is 0.00348. The number of nitrogens with zero attached hydrogens (tertiary/aromatic N) is 5. The van der Waals surface area contributed by atoms with Gasteiger partial charge in [-0.2, -0.15) is 0 Å². The highest BCUT2D eigenvalue weighted by Gasteiger charge is 2.37. The molecule has 30 heteroatoms. The number of rotatable bonds is 28. The molecule has 0 spiro atoms.